The number of hydrogen-bond acceptors (Lipinski definition) is 2. The lowest BCUT2D eigenvalue weighted by Gasteiger charge is -2.24. The zero-order valence-corrected chi connectivity index (χ0v) is 13.9. The third-order valence-corrected chi connectivity index (χ3v) is 4.66. The van der Waals surface area contributed by atoms with Gasteiger partial charge >= 0.3 is 0 Å². The lowest BCUT2D eigenvalue weighted by molar-refractivity contribution is -0.130. The lowest BCUT2D eigenvalue weighted by atomic mass is 9.93. The van der Waals surface area contributed by atoms with Crippen molar-refractivity contribution in [2.45, 2.75) is 32.2 Å². The molecule has 5 heteroatoms. The molecule has 116 valence electrons. The van der Waals surface area contributed by atoms with Gasteiger partial charge in [-0.15, -0.1) is 0 Å². The van der Waals surface area contributed by atoms with Crippen LogP contribution in [0.5, 0.6) is 0 Å². The van der Waals surface area contributed by atoms with E-state index in [1.54, 1.807) is 17.0 Å². The molecule has 1 heterocycles. The molecule has 1 aliphatic heterocycles. The summed E-state index contributed by atoms with van der Waals surface area (Å²) in [5, 5.41) is 4.57. The van der Waals surface area contributed by atoms with Gasteiger partial charge in [0.25, 0.3) is 0 Å². The topological polar surface area (TPSA) is 32.3 Å². The van der Waals surface area contributed by atoms with Crippen LogP contribution >= 0.6 is 23.2 Å². The maximum atomic E-state index is 12.2. The average Bonchev–Trinajstić information content (AvgIpc) is 2.48. The van der Waals surface area contributed by atoms with Crippen molar-refractivity contribution < 1.29 is 4.79 Å². The molecule has 0 spiro atoms. The zero-order valence-electron chi connectivity index (χ0n) is 12.4. The fraction of sp³-hybridized carbons (Fsp3) is 0.562. The van der Waals surface area contributed by atoms with Crippen molar-refractivity contribution in [2.24, 2.45) is 5.92 Å². The first-order valence-electron chi connectivity index (χ1n) is 7.45. The van der Waals surface area contributed by atoms with E-state index in [0.29, 0.717) is 28.9 Å². The van der Waals surface area contributed by atoms with Crippen LogP contribution in [-0.4, -0.2) is 30.9 Å². The molecule has 0 aliphatic carbocycles. The molecule has 1 aromatic carbocycles. The summed E-state index contributed by atoms with van der Waals surface area (Å²) in [5.41, 5.74) is 0.929. The van der Waals surface area contributed by atoms with Gasteiger partial charge in [-0.1, -0.05) is 29.3 Å². The standard InChI is InChI=1S/C16H22Cl2N2O/c1-20(11-13-3-4-14(17)10-15(13)18)16(21)5-2-12-6-8-19-9-7-12/h3-4,10,12,19H,2,5-9,11H2,1H3. The van der Waals surface area contributed by atoms with Crippen LogP contribution < -0.4 is 5.32 Å². The minimum absolute atomic E-state index is 0.180. The Bertz CT molecular complexity index is 487. The fourth-order valence-electron chi connectivity index (χ4n) is 2.68. The summed E-state index contributed by atoms with van der Waals surface area (Å²) in [4.78, 5) is 14.0. The van der Waals surface area contributed by atoms with Crippen LogP contribution in [0.1, 0.15) is 31.2 Å². The average molecular weight is 329 g/mol. The number of rotatable bonds is 5. The van der Waals surface area contributed by atoms with Gasteiger partial charge in [-0.2, -0.15) is 0 Å². The zero-order chi connectivity index (χ0) is 15.2. The van der Waals surface area contributed by atoms with E-state index in [1.807, 2.05) is 13.1 Å². The van der Waals surface area contributed by atoms with Gasteiger partial charge in [-0.3, -0.25) is 4.79 Å². The maximum Gasteiger partial charge on any atom is 0.222 e. The third-order valence-electron chi connectivity index (χ3n) is 4.07. The van der Waals surface area contributed by atoms with Crippen LogP contribution in [0.25, 0.3) is 0 Å². The molecule has 0 saturated carbocycles. The Kier molecular flexibility index (Phi) is 6.34. The Morgan fingerprint density at radius 1 is 1.33 bits per heavy atom. The quantitative estimate of drug-likeness (QED) is 0.893. The Balaban J connectivity index is 1.81. The van der Waals surface area contributed by atoms with Crippen molar-refractivity contribution in [1.82, 2.24) is 10.2 Å². The summed E-state index contributed by atoms with van der Waals surface area (Å²) in [6.07, 6.45) is 3.96. The van der Waals surface area contributed by atoms with Crippen LogP contribution in [0.15, 0.2) is 18.2 Å². The largest absolute Gasteiger partial charge is 0.341 e. The first kappa shape index (κ1) is 16.6. The van der Waals surface area contributed by atoms with Crippen molar-refractivity contribution in [2.75, 3.05) is 20.1 Å². The highest BCUT2D eigenvalue weighted by Gasteiger charge is 2.17. The SMILES string of the molecule is CN(Cc1ccc(Cl)cc1Cl)C(=O)CCC1CCNCC1. The highest BCUT2D eigenvalue weighted by Crippen LogP contribution is 2.23. The minimum Gasteiger partial charge on any atom is -0.341 e. The van der Waals surface area contributed by atoms with Crippen LogP contribution in [0.2, 0.25) is 10.0 Å². The fourth-order valence-corrected chi connectivity index (χ4v) is 3.15. The molecule has 0 aromatic heterocycles. The van der Waals surface area contributed by atoms with E-state index in [2.05, 4.69) is 5.32 Å². The van der Waals surface area contributed by atoms with Gasteiger partial charge in [0, 0.05) is 30.1 Å². The number of nitrogens with one attached hydrogen (secondary N) is 1. The predicted octanol–water partition coefficient (Wildman–Crippen LogP) is 3.73. The first-order chi connectivity index (χ1) is 10.1. The van der Waals surface area contributed by atoms with Crippen LogP contribution in [0.3, 0.4) is 0 Å². The van der Waals surface area contributed by atoms with E-state index in [-0.39, 0.29) is 5.91 Å². The number of amides is 1. The molecule has 1 aromatic rings. The molecule has 0 radical (unpaired) electrons. The molecule has 0 bridgehead atoms. The Hall–Kier alpha value is -0.770. The molecule has 1 aliphatic rings. The molecule has 21 heavy (non-hydrogen) atoms. The highest BCUT2D eigenvalue weighted by atomic mass is 35.5. The summed E-state index contributed by atoms with van der Waals surface area (Å²) in [5.74, 6) is 0.863. The van der Waals surface area contributed by atoms with E-state index < -0.39 is 0 Å². The van der Waals surface area contributed by atoms with Gasteiger partial charge in [0.2, 0.25) is 5.91 Å². The molecule has 0 unspecified atom stereocenters. The predicted molar refractivity (Wildman–Crippen MR) is 87.8 cm³/mol. The highest BCUT2D eigenvalue weighted by molar-refractivity contribution is 6.35. The maximum absolute atomic E-state index is 12.2. The van der Waals surface area contributed by atoms with E-state index in [0.717, 1.165) is 25.1 Å². The number of nitrogens with zero attached hydrogens (tertiary/aromatic N) is 1. The first-order valence-corrected chi connectivity index (χ1v) is 8.20. The number of halogens is 2. The second-order valence-corrected chi connectivity index (χ2v) is 6.56. The molecule has 1 fully saturated rings. The molecule has 3 nitrogen and oxygen atoms in total. The minimum atomic E-state index is 0.180. The summed E-state index contributed by atoms with van der Waals surface area (Å²) >= 11 is 12.0. The van der Waals surface area contributed by atoms with Crippen LogP contribution in [0.4, 0.5) is 0 Å². The molecule has 1 amide bonds. The van der Waals surface area contributed by atoms with Gasteiger partial charge in [0.15, 0.2) is 0 Å². The normalized spacial score (nSPS) is 16.0. The number of carbonyl (C=O) groups excluding carboxylic acids is 1. The second kappa shape index (κ2) is 8.02. The monoisotopic (exact) mass is 328 g/mol. The molecule has 1 N–H and O–H groups in total. The smallest absolute Gasteiger partial charge is 0.222 e. The molecular weight excluding hydrogens is 307 g/mol. The summed E-state index contributed by atoms with van der Waals surface area (Å²) < 4.78 is 0. The molecule has 0 atom stereocenters. The summed E-state index contributed by atoms with van der Waals surface area (Å²) in [7, 11) is 1.83. The van der Waals surface area contributed by atoms with Crippen LogP contribution in [0, 0.1) is 5.92 Å². The van der Waals surface area contributed by atoms with Crippen LogP contribution in [-0.2, 0) is 11.3 Å². The number of benzene rings is 1. The van der Waals surface area contributed by atoms with E-state index in [4.69, 9.17) is 23.2 Å². The Labute approximate surface area is 136 Å². The van der Waals surface area contributed by atoms with Crippen molar-refractivity contribution in [1.29, 1.82) is 0 Å². The number of carbonyl (C=O) groups is 1. The van der Waals surface area contributed by atoms with E-state index in [9.17, 15) is 4.79 Å². The van der Waals surface area contributed by atoms with E-state index >= 15 is 0 Å². The molecule has 1 saturated heterocycles. The van der Waals surface area contributed by atoms with Gasteiger partial charge < -0.3 is 10.2 Å². The lowest BCUT2D eigenvalue weighted by Crippen LogP contribution is -2.30. The number of piperidine rings is 1. The van der Waals surface area contributed by atoms with Gasteiger partial charge in [0.1, 0.15) is 0 Å². The number of hydrogen-bond donors (Lipinski definition) is 1. The summed E-state index contributed by atoms with van der Waals surface area (Å²) in [6, 6.07) is 5.39. The molecular formula is C16H22Cl2N2O. The summed E-state index contributed by atoms with van der Waals surface area (Å²) in [6.45, 7) is 2.69. The van der Waals surface area contributed by atoms with Crippen molar-refractivity contribution in [3.8, 4) is 0 Å². The second-order valence-electron chi connectivity index (χ2n) is 5.72. The van der Waals surface area contributed by atoms with Gasteiger partial charge in [-0.25, -0.2) is 0 Å². The van der Waals surface area contributed by atoms with Crippen molar-refractivity contribution >= 4 is 29.1 Å². The van der Waals surface area contributed by atoms with E-state index in [1.165, 1.54) is 12.8 Å². The van der Waals surface area contributed by atoms with Gasteiger partial charge in [-0.05, 0) is 56.0 Å². The third kappa shape index (κ3) is 5.17. The Morgan fingerprint density at radius 2 is 2.05 bits per heavy atom. The Morgan fingerprint density at radius 3 is 2.71 bits per heavy atom. The molecule has 2 rings (SSSR count). The van der Waals surface area contributed by atoms with Gasteiger partial charge in [0.05, 0.1) is 0 Å². The van der Waals surface area contributed by atoms with Crippen molar-refractivity contribution in [3.05, 3.63) is 33.8 Å². The van der Waals surface area contributed by atoms with Crippen molar-refractivity contribution in [3.63, 3.8) is 0 Å².